The molecule has 0 saturated heterocycles. The van der Waals surface area contributed by atoms with Gasteiger partial charge >= 0.3 is 0 Å². The van der Waals surface area contributed by atoms with Crippen LogP contribution in [0, 0.1) is 0 Å². The summed E-state index contributed by atoms with van der Waals surface area (Å²) in [7, 11) is -2.11. The second kappa shape index (κ2) is 5.47. The summed E-state index contributed by atoms with van der Waals surface area (Å²) in [6, 6.07) is 6.68. The molecule has 2 heterocycles. The SMILES string of the molecule is CC(C)NC(=O)c1ncn2c1CN(C)S(=O)(=O)c1ccccc1-2. The van der Waals surface area contributed by atoms with Crippen LogP contribution in [0.1, 0.15) is 30.0 Å². The summed E-state index contributed by atoms with van der Waals surface area (Å²) >= 11 is 0. The Bertz CT molecular complexity index is 871. The number of carbonyl (C=O) groups excluding carboxylic acids is 1. The largest absolute Gasteiger partial charge is 0.348 e. The van der Waals surface area contributed by atoms with Crippen molar-refractivity contribution in [3.05, 3.63) is 42.0 Å². The summed E-state index contributed by atoms with van der Waals surface area (Å²) in [4.78, 5) is 16.7. The fourth-order valence-electron chi connectivity index (χ4n) is 2.59. The number of sulfonamides is 1. The molecule has 0 fully saturated rings. The average Bonchev–Trinajstić information content (AvgIpc) is 2.86. The number of nitrogens with one attached hydrogen (secondary N) is 1. The Balaban J connectivity index is 2.20. The van der Waals surface area contributed by atoms with Crippen LogP contribution in [-0.2, 0) is 16.6 Å². The van der Waals surface area contributed by atoms with Gasteiger partial charge in [-0.05, 0) is 26.0 Å². The highest BCUT2D eigenvalue weighted by molar-refractivity contribution is 7.89. The Kier molecular flexibility index (Phi) is 3.73. The van der Waals surface area contributed by atoms with Gasteiger partial charge in [-0.25, -0.2) is 13.4 Å². The molecular formula is C15H18N4O3S. The first kappa shape index (κ1) is 15.7. The maximum atomic E-state index is 12.6. The number of hydrogen-bond acceptors (Lipinski definition) is 4. The number of imidazole rings is 1. The van der Waals surface area contributed by atoms with Crippen LogP contribution in [0.2, 0.25) is 0 Å². The Labute approximate surface area is 135 Å². The zero-order valence-electron chi connectivity index (χ0n) is 13.1. The third-order valence-corrected chi connectivity index (χ3v) is 5.54. The second-order valence-corrected chi connectivity index (χ2v) is 7.78. The van der Waals surface area contributed by atoms with E-state index in [0.29, 0.717) is 11.4 Å². The normalized spacial score (nSPS) is 16.5. The molecule has 0 atom stereocenters. The van der Waals surface area contributed by atoms with E-state index in [1.165, 1.54) is 17.7 Å². The summed E-state index contributed by atoms with van der Waals surface area (Å²) in [5.74, 6) is -0.307. The summed E-state index contributed by atoms with van der Waals surface area (Å²) in [6.45, 7) is 3.80. The van der Waals surface area contributed by atoms with E-state index in [4.69, 9.17) is 0 Å². The highest BCUT2D eigenvalue weighted by Crippen LogP contribution is 2.30. The monoisotopic (exact) mass is 334 g/mol. The van der Waals surface area contributed by atoms with Crippen LogP contribution in [0.5, 0.6) is 0 Å². The van der Waals surface area contributed by atoms with Crippen LogP contribution >= 0.6 is 0 Å². The van der Waals surface area contributed by atoms with Crippen molar-refractivity contribution in [2.24, 2.45) is 0 Å². The first-order chi connectivity index (χ1) is 10.8. The molecule has 7 nitrogen and oxygen atoms in total. The van der Waals surface area contributed by atoms with Gasteiger partial charge in [-0.3, -0.25) is 9.36 Å². The lowest BCUT2D eigenvalue weighted by Gasteiger charge is -2.14. The number of carbonyl (C=O) groups is 1. The van der Waals surface area contributed by atoms with Crippen molar-refractivity contribution in [2.45, 2.75) is 31.3 Å². The fraction of sp³-hybridized carbons (Fsp3) is 0.333. The zero-order chi connectivity index (χ0) is 16.8. The molecule has 2 aromatic rings. The maximum Gasteiger partial charge on any atom is 0.272 e. The molecule has 23 heavy (non-hydrogen) atoms. The van der Waals surface area contributed by atoms with Gasteiger partial charge in [0.15, 0.2) is 5.69 Å². The molecule has 122 valence electrons. The van der Waals surface area contributed by atoms with Crippen molar-refractivity contribution < 1.29 is 13.2 Å². The van der Waals surface area contributed by atoms with Gasteiger partial charge < -0.3 is 5.32 Å². The summed E-state index contributed by atoms with van der Waals surface area (Å²) in [5.41, 5.74) is 1.31. The van der Waals surface area contributed by atoms with Gasteiger partial charge in [0.25, 0.3) is 5.91 Å². The van der Waals surface area contributed by atoms with Gasteiger partial charge in [0.2, 0.25) is 10.0 Å². The third-order valence-electron chi connectivity index (χ3n) is 3.69. The van der Waals surface area contributed by atoms with Crippen molar-refractivity contribution in [1.29, 1.82) is 0 Å². The molecular weight excluding hydrogens is 316 g/mol. The van der Waals surface area contributed by atoms with Crippen LogP contribution in [0.4, 0.5) is 0 Å². The van der Waals surface area contributed by atoms with Gasteiger partial charge in [-0.1, -0.05) is 12.1 Å². The van der Waals surface area contributed by atoms with E-state index in [-0.39, 0.29) is 29.1 Å². The van der Waals surface area contributed by atoms with Crippen LogP contribution in [0.15, 0.2) is 35.5 Å². The Morgan fingerprint density at radius 3 is 2.70 bits per heavy atom. The molecule has 1 aromatic carbocycles. The minimum absolute atomic E-state index is 0.0284. The first-order valence-electron chi connectivity index (χ1n) is 7.25. The number of nitrogens with zero attached hydrogens (tertiary/aromatic N) is 3. The number of aromatic nitrogens is 2. The number of rotatable bonds is 2. The molecule has 0 spiro atoms. The Hall–Kier alpha value is -2.19. The van der Waals surface area contributed by atoms with Gasteiger partial charge in [-0.15, -0.1) is 0 Å². The highest BCUT2D eigenvalue weighted by atomic mass is 32.2. The van der Waals surface area contributed by atoms with E-state index < -0.39 is 10.0 Å². The number of hydrogen-bond donors (Lipinski definition) is 1. The molecule has 8 heteroatoms. The molecule has 0 unspecified atom stereocenters. The summed E-state index contributed by atoms with van der Waals surface area (Å²) in [6.07, 6.45) is 1.50. The molecule has 0 saturated carbocycles. The van der Waals surface area contributed by atoms with Crippen molar-refractivity contribution >= 4 is 15.9 Å². The maximum absolute atomic E-state index is 12.6. The molecule has 1 aliphatic rings. The van der Waals surface area contributed by atoms with Crippen LogP contribution in [0.25, 0.3) is 5.69 Å². The number of para-hydroxylation sites is 1. The van der Waals surface area contributed by atoms with E-state index in [2.05, 4.69) is 10.3 Å². The smallest absolute Gasteiger partial charge is 0.272 e. The summed E-state index contributed by atoms with van der Waals surface area (Å²) < 4.78 is 28.2. The molecule has 3 rings (SSSR count). The number of fused-ring (bicyclic) bond motifs is 3. The van der Waals surface area contributed by atoms with Gasteiger partial charge in [0.05, 0.1) is 17.9 Å². The Morgan fingerprint density at radius 2 is 2.00 bits per heavy atom. The standard InChI is InChI=1S/C15H18N4O3S/c1-10(2)17-15(20)14-12-8-18(3)23(21,22)13-7-5-4-6-11(13)19(12)9-16-14/h4-7,9-10H,8H2,1-3H3,(H,17,20). The van der Waals surface area contributed by atoms with E-state index >= 15 is 0 Å². The van der Waals surface area contributed by atoms with Crippen molar-refractivity contribution in [1.82, 2.24) is 19.2 Å². The average molecular weight is 334 g/mol. The molecule has 0 aliphatic carbocycles. The molecule has 1 amide bonds. The quantitative estimate of drug-likeness (QED) is 0.893. The highest BCUT2D eigenvalue weighted by Gasteiger charge is 2.32. The minimum atomic E-state index is -3.61. The lowest BCUT2D eigenvalue weighted by molar-refractivity contribution is 0.0937. The van der Waals surface area contributed by atoms with Crippen molar-refractivity contribution in [2.75, 3.05) is 7.05 Å². The van der Waals surface area contributed by atoms with Crippen LogP contribution in [0.3, 0.4) is 0 Å². The van der Waals surface area contributed by atoms with Gasteiger partial charge in [-0.2, -0.15) is 4.31 Å². The first-order valence-corrected chi connectivity index (χ1v) is 8.69. The predicted molar refractivity (Wildman–Crippen MR) is 84.8 cm³/mol. The van der Waals surface area contributed by atoms with E-state index in [1.54, 1.807) is 28.8 Å². The molecule has 1 aromatic heterocycles. The molecule has 1 N–H and O–H groups in total. The molecule has 0 bridgehead atoms. The van der Waals surface area contributed by atoms with Crippen molar-refractivity contribution in [3.63, 3.8) is 0 Å². The lowest BCUT2D eigenvalue weighted by Crippen LogP contribution is -2.32. The Morgan fingerprint density at radius 1 is 1.30 bits per heavy atom. The predicted octanol–water partition coefficient (Wildman–Crippen LogP) is 1.14. The number of amides is 1. The van der Waals surface area contributed by atoms with E-state index in [1.807, 2.05) is 13.8 Å². The van der Waals surface area contributed by atoms with E-state index in [9.17, 15) is 13.2 Å². The second-order valence-electron chi connectivity index (χ2n) is 5.77. The topological polar surface area (TPSA) is 84.3 Å². The number of benzene rings is 1. The van der Waals surface area contributed by atoms with Gasteiger partial charge in [0.1, 0.15) is 11.2 Å². The van der Waals surface area contributed by atoms with Crippen LogP contribution < -0.4 is 5.32 Å². The summed E-state index contributed by atoms with van der Waals surface area (Å²) in [5, 5.41) is 2.79. The van der Waals surface area contributed by atoms with E-state index in [0.717, 1.165) is 0 Å². The zero-order valence-corrected chi connectivity index (χ0v) is 14.0. The molecule has 0 radical (unpaired) electrons. The van der Waals surface area contributed by atoms with Crippen molar-refractivity contribution in [3.8, 4) is 5.69 Å². The fourth-order valence-corrected chi connectivity index (χ4v) is 3.90. The third kappa shape index (κ3) is 2.53. The minimum Gasteiger partial charge on any atom is -0.348 e. The lowest BCUT2D eigenvalue weighted by atomic mass is 10.2. The van der Waals surface area contributed by atoms with Gasteiger partial charge in [0, 0.05) is 13.1 Å². The van der Waals surface area contributed by atoms with Crippen LogP contribution in [-0.4, -0.2) is 41.3 Å². The molecule has 1 aliphatic heterocycles.